The standard InChI is InChI=1S/C12H12N4O2S/c17-12-16-3-2-15(5-8(16)6-18-12)10-9-1-4-19-11(9)14-7-13-10/h1,4,7-8H,2-3,5-6H2/t8-/m1/s1. The van der Waals surface area contributed by atoms with E-state index in [2.05, 4.69) is 20.9 Å². The van der Waals surface area contributed by atoms with Crippen molar-refractivity contribution in [2.45, 2.75) is 6.04 Å². The average molecular weight is 276 g/mol. The normalized spacial score (nSPS) is 22.7. The van der Waals surface area contributed by atoms with Crippen LogP contribution in [0.2, 0.25) is 0 Å². The molecule has 98 valence electrons. The van der Waals surface area contributed by atoms with E-state index in [1.54, 1.807) is 17.7 Å². The fraction of sp³-hybridized carbons (Fsp3) is 0.417. The number of nitrogens with zero attached hydrogens (tertiary/aromatic N) is 4. The molecule has 2 aromatic heterocycles. The van der Waals surface area contributed by atoms with Crippen molar-refractivity contribution in [2.24, 2.45) is 0 Å². The molecule has 6 nitrogen and oxygen atoms in total. The van der Waals surface area contributed by atoms with Gasteiger partial charge in [-0.05, 0) is 11.4 Å². The van der Waals surface area contributed by atoms with Crippen molar-refractivity contribution in [2.75, 3.05) is 31.1 Å². The highest BCUT2D eigenvalue weighted by molar-refractivity contribution is 7.16. The fourth-order valence-electron chi connectivity index (χ4n) is 2.71. The Hall–Kier alpha value is -1.89. The summed E-state index contributed by atoms with van der Waals surface area (Å²) in [4.78, 5) is 25.2. The van der Waals surface area contributed by atoms with E-state index in [-0.39, 0.29) is 12.1 Å². The quantitative estimate of drug-likeness (QED) is 0.786. The molecule has 19 heavy (non-hydrogen) atoms. The van der Waals surface area contributed by atoms with Crippen LogP contribution < -0.4 is 4.90 Å². The van der Waals surface area contributed by atoms with Crippen LogP contribution in [0.1, 0.15) is 0 Å². The van der Waals surface area contributed by atoms with Crippen molar-refractivity contribution in [3.8, 4) is 0 Å². The molecule has 0 saturated carbocycles. The SMILES string of the molecule is O=C1OC[C@H]2CN(c3ncnc4sccc34)CCN12. The van der Waals surface area contributed by atoms with Gasteiger partial charge in [-0.2, -0.15) is 0 Å². The molecule has 0 N–H and O–H groups in total. The number of thiophene rings is 1. The Labute approximate surface area is 113 Å². The van der Waals surface area contributed by atoms with Crippen molar-refractivity contribution in [1.82, 2.24) is 14.9 Å². The van der Waals surface area contributed by atoms with Gasteiger partial charge in [0.1, 0.15) is 23.6 Å². The largest absolute Gasteiger partial charge is 0.447 e. The predicted molar refractivity (Wildman–Crippen MR) is 71.5 cm³/mol. The maximum Gasteiger partial charge on any atom is 0.410 e. The van der Waals surface area contributed by atoms with Crippen molar-refractivity contribution in [1.29, 1.82) is 0 Å². The van der Waals surface area contributed by atoms with Crippen molar-refractivity contribution in [3.63, 3.8) is 0 Å². The molecule has 2 aromatic rings. The van der Waals surface area contributed by atoms with Crippen LogP contribution in [0.4, 0.5) is 10.6 Å². The molecule has 4 heterocycles. The minimum absolute atomic E-state index is 0.143. The van der Waals surface area contributed by atoms with E-state index in [0.29, 0.717) is 13.2 Å². The Balaban J connectivity index is 1.67. The number of cyclic esters (lactones) is 1. The van der Waals surface area contributed by atoms with Crippen LogP contribution in [0, 0.1) is 0 Å². The smallest absolute Gasteiger partial charge is 0.410 e. The summed E-state index contributed by atoms with van der Waals surface area (Å²) in [6.07, 6.45) is 1.42. The molecule has 1 amide bonds. The molecule has 2 aliphatic heterocycles. The van der Waals surface area contributed by atoms with Crippen LogP contribution >= 0.6 is 11.3 Å². The Morgan fingerprint density at radius 2 is 2.32 bits per heavy atom. The van der Waals surface area contributed by atoms with Crippen LogP contribution in [0.15, 0.2) is 17.8 Å². The van der Waals surface area contributed by atoms with Crippen LogP contribution in [-0.2, 0) is 4.74 Å². The summed E-state index contributed by atoms with van der Waals surface area (Å²) in [7, 11) is 0. The van der Waals surface area contributed by atoms with Crippen molar-refractivity contribution < 1.29 is 9.53 Å². The minimum atomic E-state index is -0.187. The molecule has 2 fully saturated rings. The van der Waals surface area contributed by atoms with Gasteiger partial charge in [0.2, 0.25) is 0 Å². The second-order valence-corrected chi connectivity index (χ2v) is 5.60. The van der Waals surface area contributed by atoms with E-state index in [1.165, 1.54) is 0 Å². The van der Waals surface area contributed by atoms with Gasteiger partial charge in [-0.1, -0.05) is 0 Å². The highest BCUT2D eigenvalue weighted by atomic mass is 32.1. The first-order chi connectivity index (χ1) is 9.33. The summed E-state index contributed by atoms with van der Waals surface area (Å²) in [6, 6.07) is 2.20. The fourth-order valence-corrected chi connectivity index (χ4v) is 3.44. The Kier molecular flexibility index (Phi) is 2.34. The number of hydrogen-bond donors (Lipinski definition) is 0. The zero-order chi connectivity index (χ0) is 12.8. The molecule has 2 saturated heterocycles. The highest BCUT2D eigenvalue weighted by Crippen LogP contribution is 2.29. The first-order valence-corrected chi connectivity index (χ1v) is 7.07. The molecule has 0 aliphatic carbocycles. The molecule has 2 aliphatic rings. The average Bonchev–Trinajstić information content (AvgIpc) is 3.05. The number of ether oxygens (including phenoxy) is 1. The van der Waals surface area contributed by atoms with Crippen LogP contribution in [0.25, 0.3) is 10.2 Å². The van der Waals surface area contributed by atoms with Gasteiger partial charge in [0.15, 0.2) is 0 Å². The van der Waals surface area contributed by atoms with Crippen molar-refractivity contribution in [3.05, 3.63) is 17.8 Å². The zero-order valence-corrected chi connectivity index (χ0v) is 11.0. The summed E-state index contributed by atoms with van der Waals surface area (Å²) >= 11 is 1.62. The first-order valence-electron chi connectivity index (χ1n) is 6.19. The number of anilines is 1. The van der Waals surface area contributed by atoms with Crippen LogP contribution in [0.3, 0.4) is 0 Å². The van der Waals surface area contributed by atoms with E-state index >= 15 is 0 Å². The summed E-state index contributed by atoms with van der Waals surface area (Å²) in [5.74, 6) is 0.963. The van der Waals surface area contributed by atoms with E-state index in [4.69, 9.17) is 4.74 Å². The summed E-state index contributed by atoms with van der Waals surface area (Å²) < 4.78 is 5.09. The second kappa shape index (κ2) is 4.06. The molecule has 0 radical (unpaired) electrons. The molecule has 1 atom stereocenters. The second-order valence-electron chi connectivity index (χ2n) is 4.71. The third kappa shape index (κ3) is 1.65. The number of carbonyl (C=O) groups is 1. The van der Waals surface area contributed by atoms with Gasteiger partial charge in [-0.3, -0.25) is 4.90 Å². The number of piperazine rings is 1. The first kappa shape index (κ1) is 11.0. The van der Waals surface area contributed by atoms with E-state index < -0.39 is 0 Å². The number of amides is 1. The highest BCUT2D eigenvalue weighted by Gasteiger charge is 2.38. The molecule has 0 unspecified atom stereocenters. The maximum atomic E-state index is 11.5. The van der Waals surface area contributed by atoms with Crippen molar-refractivity contribution >= 4 is 33.5 Å². The summed E-state index contributed by atoms with van der Waals surface area (Å²) in [5.41, 5.74) is 0. The van der Waals surface area contributed by atoms with Crippen LogP contribution in [-0.4, -0.2) is 53.2 Å². The zero-order valence-electron chi connectivity index (χ0n) is 10.2. The van der Waals surface area contributed by atoms with Crippen LogP contribution in [0.5, 0.6) is 0 Å². The number of rotatable bonds is 1. The Morgan fingerprint density at radius 3 is 3.26 bits per heavy atom. The van der Waals surface area contributed by atoms with Gasteiger partial charge in [0.25, 0.3) is 0 Å². The van der Waals surface area contributed by atoms with Gasteiger partial charge in [-0.15, -0.1) is 11.3 Å². The molecular formula is C12H12N4O2S. The molecule has 0 bridgehead atoms. The molecule has 7 heteroatoms. The number of carbonyl (C=O) groups excluding carboxylic acids is 1. The van der Waals surface area contributed by atoms with Gasteiger partial charge in [0.05, 0.1) is 11.4 Å². The molecule has 4 rings (SSSR count). The molecule has 0 aromatic carbocycles. The monoisotopic (exact) mass is 276 g/mol. The van der Waals surface area contributed by atoms with Gasteiger partial charge in [0, 0.05) is 19.6 Å². The minimum Gasteiger partial charge on any atom is -0.447 e. The van der Waals surface area contributed by atoms with Gasteiger partial charge < -0.3 is 9.64 Å². The number of aromatic nitrogens is 2. The Bertz CT molecular complexity index is 643. The summed E-state index contributed by atoms with van der Waals surface area (Å²) in [5, 5.41) is 3.12. The van der Waals surface area contributed by atoms with E-state index in [0.717, 1.165) is 29.1 Å². The van der Waals surface area contributed by atoms with E-state index in [1.807, 2.05) is 10.3 Å². The topological polar surface area (TPSA) is 58.6 Å². The lowest BCUT2D eigenvalue weighted by Crippen LogP contribution is -2.52. The third-order valence-corrected chi connectivity index (χ3v) is 4.48. The number of fused-ring (bicyclic) bond motifs is 2. The lowest BCUT2D eigenvalue weighted by atomic mass is 10.2. The third-order valence-electron chi connectivity index (χ3n) is 3.66. The van der Waals surface area contributed by atoms with E-state index in [9.17, 15) is 4.79 Å². The molecular weight excluding hydrogens is 264 g/mol. The number of hydrogen-bond acceptors (Lipinski definition) is 6. The lowest BCUT2D eigenvalue weighted by Gasteiger charge is -2.36. The van der Waals surface area contributed by atoms with Gasteiger partial charge in [-0.25, -0.2) is 14.8 Å². The van der Waals surface area contributed by atoms with Gasteiger partial charge >= 0.3 is 6.09 Å². The Morgan fingerprint density at radius 1 is 1.37 bits per heavy atom. The molecule has 0 spiro atoms. The maximum absolute atomic E-state index is 11.5. The predicted octanol–water partition coefficient (Wildman–Crippen LogP) is 1.33. The summed E-state index contributed by atoms with van der Waals surface area (Å²) in [6.45, 7) is 2.73. The lowest BCUT2D eigenvalue weighted by molar-refractivity contribution is 0.157.